The van der Waals surface area contributed by atoms with E-state index >= 15 is 0 Å². The maximum Gasteiger partial charge on any atom is 0.472 e. The van der Waals surface area contributed by atoms with Gasteiger partial charge in [0, 0.05) is 121 Å². The SMILES string of the molecule is C.C.C.CC(C)OCCN(CCOP(C)(=O)OCCN(CCOP(=O)(O)OCCN(CCO)C(=O)CCCCCCC(=O)CCCO[C@@H]1OC(CO)[C@H](O)[C@H](O)C1C)C(=O)CCCCCCC(=O)CCCO[C@@H]1OC(CO)[C@H](O)[C@H](O)C1C)C(=O)CCCCCCC(=O)CCCO[C@@H]1OC(CO)[C@H](O)[C@H](O)C1C. The van der Waals surface area contributed by atoms with Crippen molar-refractivity contribution in [2.75, 3.05) is 125 Å². The van der Waals surface area contributed by atoms with Crippen LogP contribution in [0.5, 0.6) is 0 Å². The first kappa shape index (κ1) is 105. The van der Waals surface area contributed by atoms with Gasteiger partial charge in [-0.1, -0.05) is 81.6 Å². The lowest BCUT2D eigenvalue weighted by Gasteiger charge is -2.40. The number of nitrogens with zero attached hydrogens (tertiary/aromatic N) is 3. The zero-order valence-electron chi connectivity index (χ0n) is 62.8. The Bertz CT molecular complexity index is 2530. The van der Waals surface area contributed by atoms with Crippen molar-refractivity contribution < 1.29 is 145 Å². The molecule has 0 radical (unpaired) electrons. The van der Waals surface area contributed by atoms with E-state index in [4.69, 9.17) is 51.3 Å². The number of phosphoric ester groups is 1. The van der Waals surface area contributed by atoms with Gasteiger partial charge in [-0.05, 0) is 71.6 Å². The number of hydrogen-bond donors (Lipinski definition) is 11. The van der Waals surface area contributed by atoms with Gasteiger partial charge >= 0.3 is 15.4 Å². The summed E-state index contributed by atoms with van der Waals surface area (Å²) in [6.45, 7) is 7.21. The van der Waals surface area contributed by atoms with E-state index in [2.05, 4.69) is 0 Å². The second-order valence-corrected chi connectivity index (χ2v) is 31.3. The minimum atomic E-state index is -4.77. The van der Waals surface area contributed by atoms with Crippen LogP contribution in [0.25, 0.3) is 0 Å². The standard InChI is InChI=1S/C70H129N3O30P2.3CH4/c1-49(2)93-41-32-72(60(82)29-17-11-8-14-23-54(79)26-20-39-95-69-51(4)63(85)66(88)57(47-76)102-69)33-42-97-104(6,90)98-43-34-73(61(83)30-18-12-9-15-24-55(80)27-21-40-96-70-52(5)64(86)67(89)58(48-77)103-70)36-45-100-105(91,92)99-44-35-71(31-37-74)59(81)28-16-10-7-13-22-53(78)25-19-38-94-68-50(3)62(84)65(87)56(46-75)101-68;;;/h49-52,56-58,62-70,74-77,84-89H,7-48H2,1-6H3,(H,91,92);3*1H4/t50?,51?,52?,56?,57?,58?,62-,63-,64-,65+,66+,67+,68-,69-,70-,104?;;;/m1.../s1. The number of Topliss-reactive ketones (excluding diaryl/α,β-unsaturated/α-hetero) is 3. The number of carbonyl (C=O) groups excluding carboxylic acids is 6. The fourth-order valence-corrected chi connectivity index (χ4v) is 13.8. The molecule has 0 aromatic carbocycles. The average Bonchev–Trinajstić information content (AvgIpc) is 0.832. The second kappa shape index (κ2) is 58.8. The molecule has 0 aliphatic carbocycles. The molecule has 35 heteroatoms. The molecule has 33 nitrogen and oxygen atoms in total. The van der Waals surface area contributed by atoms with Crippen LogP contribution in [-0.2, 0) is 89.2 Å². The molecule has 3 aliphatic heterocycles. The zero-order valence-corrected chi connectivity index (χ0v) is 64.6. The van der Waals surface area contributed by atoms with E-state index in [9.17, 15) is 93.9 Å². The monoisotopic (exact) mass is 1600 g/mol. The number of ketones is 3. The normalized spacial score (nSPS) is 25.4. The van der Waals surface area contributed by atoms with Crippen molar-refractivity contribution in [1.29, 1.82) is 0 Å². The van der Waals surface area contributed by atoms with Gasteiger partial charge < -0.3 is 113 Å². The van der Waals surface area contributed by atoms with Crippen molar-refractivity contribution in [3.63, 3.8) is 0 Å². The smallest absolute Gasteiger partial charge is 0.395 e. The molecule has 3 amide bonds. The van der Waals surface area contributed by atoms with E-state index in [0.717, 1.165) is 6.42 Å². The van der Waals surface area contributed by atoms with Crippen LogP contribution in [0.4, 0.5) is 0 Å². The first-order valence-corrected chi connectivity index (χ1v) is 41.3. The van der Waals surface area contributed by atoms with Crippen molar-refractivity contribution in [2.24, 2.45) is 17.8 Å². The molecule has 0 spiro atoms. The first-order chi connectivity index (χ1) is 50.0. The summed E-state index contributed by atoms with van der Waals surface area (Å²) in [5.74, 6) is -2.41. The van der Waals surface area contributed by atoms with Crippen LogP contribution < -0.4 is 0 Å². The van der Waals surface area contributed by atoms with Gasteiger partial charge in [0.15, 0.2) is 18.9 Å². The number of aliphatic hydroxyl groups is 10. The molecule has 3 fully saturated rings. The number of aliphatic hydroxyl groups excluding tert-OH is 10. The maximum absolute atomic E-state index is 13.8. The number of ether oxygens (including phenoxy) is 7. The third-order valence-corrected chi connectivity index (χ3v) is 21.2. The summed E-state index contributed by atoms with van der Waals surface area (Å²) in [6.07, 6.45) is -2.14. The summed E-state index contributed by atoms with van der Waals surface area (Å²) in [4.78, 5) is 93.1. The number of phosphoric acid groups is 1. The zero-order chi connectivity index (χ0) is 77.9. The summed E-state index contributed by atoms with van der Waals surface area (Å²) in [5, 5.41) is 99.1. The number of hydrogen-bond acceptors (Lipinski definition) is 29. The predicted octanol–water partition coefficient (Wildman–Crippen LogP) is 5.13. The van der Waals surface area contributed by atoms with E-state index in [1.165, 1.54) is 16.5 Å². The Balaban J connectivity index is 0.0000382. The highest BCUT2D eigenvalue weighted by Gasteiger charge is 2.45. The summed E-state index contributed by atoms with van der Waals surface area (Å²) >= 11 is 0. The van der Waals surface area contributed by atoms with E-state index in [1.54, 1.807) is 25.7 Å². The second-order valence-electron chi connectivity index (χ2n) is 27.8. The lowest BCUT2D eigenvalue weighted by atomic mass is 9.92. The average molecular weight is 1600 g/mol. The molecule has 3 saturated heterocycles. The fraction of sp³-hybridized carbons (Fsp3) is 0.918. The summed E-state index contributed by atoms with van der Waals surface area (Å²) in [5.41, 5.74) is 0. The molecule has 0 bridgehead atoms. The van der Waals surface area contributed by atoms with Crippen LogP contribution in [0, 0.1) is 17.8 Å². The van der Waals surface area contributed by atoms with Crippen LogP contribution in [0.2, 0.25) is 0 Å². The molecular weight excluding hydrogens is 1460 g/mol. The van der Waals surface area contributed by atoms with Crippen molar-refractivity contribution >= 4 is 50.5 Å². The predicted molar refractivity (Wildman–Crippen MR) is 400 cm³/mol. The first-order valence-electron chi connectivity index (χ1n) is 37.8. The van der Waals surface area contributed by atoms with Crippen molar-refractivity contribution in [3.8, 4) is 0 Å². The minimum Gasteiger partial charge on any atom is -0.395 e. The highest BCUT2D eigenvalue weighted by molar-refractivity contribution is 7.53. The lowest BCUT2D eigenvalue weighted by Crippen LogP contribution is -2.55. The van der Waals surface area contributed by atoms with Crippen LogP contribution in [-0.4, -0.2) is 311 Å². The molecule has 108 heavy (non-hydrogen) atoms. The molecule has 3 rings (SSSR count). The van der Waals surface area contributed by atoms with Crippen LogP contribution in [0.1, 0.15) is 211 Å². The molecule has 3 aliphatic rings. The largest absolute Gasteiger partial charge is 0.472 e. The molecule has 3 heterocycles. The van der Waals surface area contributed by atoms with Gasteiger partial charge in [0.2, 0.25) is 17.7 Å². The Morgan fingerprint density at radius 1 is 0.370 bits per heavy atom. The van der Waals surface area contributed by atoms with E-state index in [1.807, 2.05) is 13.8 Å². The Kier molecular flexibility index (Phi) is 57.2. The Hall–Kier alpha value is -3.00. The van der Waals surface area contributed by atoms with Crippen LogP contribution >= 0.6 is 15.4 Å². The van der Waals surface area contributed by atoms with Gasteiger partial charge in [0.1, 0.15) is 54.0 Å². The van der Waals surface area contributed by atoms with Gasteiger partial charge in [-0.15, -0.1) is 0 Å². The summed E-state index contributed by atoms with van der Waals surface area (Å²) in [7, 11) is -8.58. The molecule has 8 unspecified atom stereocenters. The van der Waals surface area contributed by atoms with Gasteiger partial charge in [-0.25, -0.2) is 4.57 Å². The Morgan fingerprint density at radius 3 is 0.907 bits per heavy atom. The van der Waals surface area contributed by atoms with Crippen LogP contribution in [0.15, 0.2) is 0 Å². The topological polar surface area (TPSA) is 470 Å². The van der Waals surface area contributed by atoms with Crippen molar-refractivity contribution in [3.05, 3.63) is 0 Å². The molecule has 0 aromatic heterocycles. The molecule has 17 atom stereocenters. The van der Waals surface area contributed by atoms with Crippen molar-refractivity contribution in [1.82, 2.24) is 14.7 Å². The van der Waals surface area contributed by atoms with Gasteiger partial charge in [-0.2, -0.15) is 0 Å². The lowest BCUT2D eigenvalue weighted by molar-refractivity contribution is -0.282. The minimum absolute atomic E-state index is 0. The van der Waals surface area contributed by atoms with E-state index < -0.39 is 140 Å². The Morgan fingerprint density at radius 2 is 0.630 bits per heavy atom. The number of rotatable bonds is 61. The van der Waals surface area contributed by atoms with Crippen molar-refractivity contribution in [2.45, 2.75) is 291 Å². The van der Waals surface area contributed by atoms with Gasteiger partial charge in [0.25, 0.3) is 0 Å². The number of carbonyl (C=O) groups is 6. The maximum atomic E-state index is 13.8. The number of unbranched alkanes of at least 4 members (excludes halogenated alkanes) is 9. The fourth-order valence-electron chi connectivity index (χ4n) is 12.2. The van der Waals surface area contributed by atoms with Gasteiger partial charge in [0.05, 0.1) is 104 Å². The molecular formula is C73H141N3O30P2. The Labute approximate surface area is 641 Å². The van der Waals surface area contributed by atoms with Gasteiger partial charge in [-0.3, -0.25) is 42.4 Å². The molecule has 638 valence electrons. The van der Waals surface area contributed by atoms with Crippen LogP contribution in [0.3, 0.4) is 0 Å². The third kappa shape index (κ3) is 41.9. The van der Waals surface area contributed by atoms with E-state index in [-0.39, 0.29) is 187 Å². The third-order valence-electron chi connectivity index (χ3n) is 18.8. The molecule has 0 aromatic rings. The molecule has 11 N–H and O–H groups in total. The quantitative estimate of drug-likeness (QED) is 0.0277. The van der Waals surface area contributed by atoms with E-state index in [0.29, 0.717) is 109 Å². The number of amides is 3. The highest BCUT2D eigenvalue weighted by atomic mass is 31.2. The molecule has 0 saturated carbocycles. The highest BCUT2D eigenvalue weighted by Crippen LogP contribution is 2.44. The summed E-state index contributed by atoms with van der Waals surface area (Å²) < 4.78 is 88.2. The summed E-state index contributed by atoms with van der Waals surface area (Å²) in [6, 6.07) is 0.